The van der Waals surface area contributed by atoms with Crippen LogP contribution in [0.1, 0.15) is 52.0 Å². The molecular weight excluding hydrogens is 308 g/mol. The van der Waals surface area contributed by atoms with Gasteiger partial charge in [-0.3, -0.25) is 14.4 Å². The Kier molecular flexibility index (Phi) is 8.16. The third kappa shape index (κ3) is 5.80. The van der Waals surface area contributed by atoms with Gasteiger partial charge in [0.05, 0.1) is 13.2 Å². The van der Waals surface area contributed by atoms with Crippen LogP contribution in [0.3, 0.4) is 0 Å². The minimum Gasteiger partial charge on any atom is -0.493 e. The molecule has 1 unspecified atom stereocenters. The van der Waals surface area contributed by atoms with Gasteiger partial charge in [0.25, 0.3) is 0 Å². The molecule has 1 atom stereocenters. The highest BCUT2D eigenvalue weighted by Gasteiger charge is 2.31. The normalized spacial score (nSPS) is 11.9. The molecule has 0 saturated carbocycles. The summed E-state index contributed by atoms with van der Waals surface area (Å²) in [5.41, 5.74) is 1.11. The van der Waals surface area contributed by atoms with Crippen LogP contribution in [0.4, 0.5) is 0 Å². The molecule has 0 bridgehead atoms. The summed E-state index contributed by atoms with van der Waals surface area (Å²) < 4.78 is 10.5. The molecule has 24 heavy (non-hydrogen) atoms. The van der Waals surface area contributed by atoms with E-state index < -0.39 is 23.5 Å². The van der Waals surface area contributed by atoms with Gasteiger partial charge >= 0.3 is 5.97 Å². The van der Waals surface area contributed by atoms with Crippen molar-refractivity contribution < 1.29 is 23.9 Å². The number of ketones is 2. The van der Waals surface area contributed by atoms with Crippen molar-refractivity contribution >= 4 is 17.5 Å². The number of carbonyl (C=O) groups is 3. The molecule has 0 N–H and O–H groups in total. The summed E-state index contributed by atoms with van der Waals surface area (Å²) in [6, 6.07) is 7.77. The third-order valence-corrected chi connectivity index (χ3v) is 3.62. The maximum Gasteiger partial charge on any atom is 0.324 e. The second kappa shape index (κ2) is 9.85. The minimum absolute atomic E-state index is 0.104. The standard InChI is InChI=1S/C19H26O5/c1-5-23-19(22)18(14(4)20)16(21)10-8-12-24-17-11-7-6-9-15(17)13(2)3/h6-7,9,11,13,18H,5,8,10,12H2,1-4H3. The average Bonchev–Trinajstić information content (AvgIpc) is 2.51. The zero-order valence-electron chi connectivity index (χ0n) is 14.8. The number of esters is 1. The van der Waals surface area contributed by atoms with Gasteiger partial charge in [-0.15, -0.1) is 0 Å². The lowest BCUT2D eigenvalue weighted by Gasteiger charge is -2.14. The number of Topliss-reactive ketones (excluding diaryl/α,β-unsaturated/α-hetero) is 2. The Labute approximate surface area is 143 Å². The van der Waals surface area contributed by atoms with Gasteiger partial charge in [0, 0.05) is 6.42 Å². The molecule has 0 fully saturated rings. The van der Waals surface area contributed by atoms with Crippen LogP contribution in [0.25, 0.3) is 0 Å². The fourth-order valence-electron chi connectivity index (χ4n) is 2.41. The van der Waals surface area contributed by atoms with Crippen LogP contribution in [0, 0.1) is 5.92 Å². The molecule has 0 heterocycles. The van der Waals surface area contributed by atoms with E-state index >= 15 is 0 Å². The van der Waals surface area contributed by atoms with Crippen molar-refractivity contribution in [3.8, 4) is 5.75 Å². The van der Waals surface area contributed by atoms with E-state index in [0.29, 0.717) is 18.9 Å². The van der Waals surface area contributed by atoms with E-state index in [1.807, 2.05) is 24.3 Å². The maximum absolute atomic E-state index is 12.1. The number of carbonyl (C=O) groups excluding carboxylic acids is 3. The van der Waals surface area contributed by atoms with Gasteiger partial charge in [-0.05, 0) is 37.8 Å². The van der Waals surface area contributed by atoms with Crippen LogP contribution in [0.2, 0.25) is 0 Å². The summed E-state index contributed by atoms with van der Waals surface area (Å²) in [6.45, 7) is 7.54. The number of hydrogen-bond donors (Lipinski definition) is 0. The van der Waals surface area contributed by atoms with E-state index in [-0.39, 0.29) is 13.0 Å². The van der Waals surface area contributed by atoms with E-state index in [9.17, 15) is 14.4 Å². The van der Waals surface area contributed by atoms with Crippen molar-refractivity contribution in [1.29, 1.82) is 0 Å². The molecule has 0 aliphatic heterocycles. The highest BCUT2D eigenvalue weighted by Crippen LogP contribution is 2.26. The highest BCUT2D eigenvalue weighted by atomic mass is 16.5. The van der Waals surface area contributed by atoms with Crippen LogP contribution >= 0.6 is 0 Å². The first-order chi connectivity index (χ1) is 11.4. The highest BCUT2D eigenvalue weighted by molar-refractivity contribution is 6.16. The predicted molar refractivity (Wildman–Crippen MR) is 91.1 cm³/mol. The van der Waals surface area contributed by atoms with Crippen molar-refractivity contribution in [2.24, 2.45) is 5.92 Å². The van der Waals surface area contributed by atoms with Gasteiger partial charge < -0.3 is 9.47 Å². The Bertz CT molecular complexity index is 577. The molecule has 0 amide bonds. The quantitative estimate of drug-likeness (QED) is 0.373. The molecule has 132 valence electrons. The van der Waals surface area contributed by atoms with Crippen molar-refractivity contribution in [2.75, 3.05) is 13.2 Å². The van der Waals surface area contributed by atoms with Crippen LogP contribution in [0.15, 0.2) is 24.3 Å². The number of benzene rings is 1. The topological polar surface area (TPSA) is 69.7 Å². The zero-order chi connectivity index (χ0) is 18.1. The van der Waals surface area contributed by atoms with E-state index in [1.54, 1.807) is 6.92 Å². The minimum atomic E-state index is -1.31. The lowest BCUT2D eigenvalue weighted by atomic mass is 9.97. The second-order valence-electron chi connectivity index (χ2n) is 5.91. The molecule has 5 heteroatoms. The Morgan fingerprint density at radius 2 is 1.79 bits per heavy atom. The molecule has 0 saturated heterocycles. The maximum atomic E-state index is 12.1. The number of ether oxygens (including phenoxy) is 2. The van der Waals surface area contributed by atoms with Gasteiger partial charge in [0.15, 0.2) is 17.5 Å². The van der Waals surface area contributed by atoms with Gasteiger partial charge in [0.1, 0.15) is 5.75 Å². The Morgan fingerprint density at radius 1 is 1.12 bits per heavy atom. The van der Waals surface area contributed by atoms with E-state index in [2.05, 4.69) is 13.8 Å². The van der Waals surface area contributed by atoms with Gasteiger partial charge in [-0.2, -0.15) is 0 Å². The molecule has 1 aromatic carbocycles. The number of para-hydroxylation sites is 1. The summed E-state index contributed by atoms with van der Waals surface area (Å²) in [5, 5.41) is 0. The molecule has 1 aromatic rings. The van der Waals surface area contributed by atoms with Gasteiger partial charge in [0.2, 0.25) is 0 Å². The largest absolute Gasteiger partial charge is 0.493 e. The molecular formula is C19H26O5. The SMILES string of the molecule is CCOC(=O)C(C(C)=O)C(=O)CCCOc1ccccc1C(C)C. The molecule has 0 aromatic heterocycles. The summed E-state index contributed by atoms with van der Waals surface area (Å²) >= 11 is 0. The molecule has 5 nitrogen and oxygen atoms in total. The lowest BCUT2D eigenvalue weighted by Crippen LogP contribution is -2.32. The van der Waals surface area contributed by atoms with Crippen molar-refractivity contribution in [3.05, 3.63) is 29.8 Å². The molecule has 0 radical (unpaired) electrons. The number of hydrogen-bond acceptors (Lipinski definition) is 5. The third-order valence-electron chi connectivity index (χ3n) is 3.62. The lowest BCUT2D eigenvalue weighted by molar-refractivity contribution is -0.154. The summed E-state index contributed by atoms with van der Waals surface area (Å²) in [4.78, 5) is 35.3. The first kappa shape index (κ1) is 19.9. The number of rotatable bonds is 10. The summed E-state index contributed by atoms with van der Waals surface area (Å²) in [5.74, 6) is -1.83. The fourth-order valence-corrected chi connectivity index (χ4v) is 2.41. The van der Waals surface area contributed by atoms with Crippen LogP contribution in [-0.4, -0.2) is 30.7 Å². The second-order valence-corrected chi connectivity index (χ2v) is 5.91. The molecule has 0 spiro atoms. The summed E-state index contributed by atoms with van der Waals surface area (Å²) in [7, 11) is 0. The molecule has 0 aliphatic rings. The monoisotopic (exact) mass is 334 g/mol. The van der Waals surface area contributed by atoms with Crippen LogP contribution < -0.4 is 4.74 Å². The Morgan fingerprint density at radius 3 is 2.38 bits per heavy atom. The van der Waals surface area contributed by atoms with E-state index in [0.717, 1.165) is 11.3 Å². The Balaban J connectivity index is 2.53. The predicted octanol–water partition coefficient (Wildman–Crippen LogP) is 3.31. The summed E-state index contributed by atoms with van der Waals surface area (Å²) in [6.07, 6.45) is 0.543. The zero-order valence-corrected chi connectivity index (χ0v) is 14.8. The van der Waals surface area contributed by atoms with Crippen LogP contribution in [0.5, 0.6) is 5.75 Å². The molecule has 1 rings (SSSR count). The van der Waals surface area contributed by atoms with Crippen molar-refractivity contribution in [1.82, 2.24) is 0 Å². The van der Waals surface area contributed by atoms with Gasteiger partial charge in [-0.25, -0.2) is 0 Å². The van der Waals surface area contributed by atoms with Crippen molar-refractivity contribution in [2.45, 2.75) is 46.5 Å². The first-order valence-corrected chi connectivity index (χ1v) is 8.30. The van der Waals surface area contributed by atoms with Crippen molar-refractivity contribution in [3.63, 3.8) is 0 Å². The van der Waals surface area contributed by atoms with E-state index in [4.69, 9.17) is 9.47 Å². The first-order valence-electron chi connectivity index (χ1n) is 8.30. The Hall–Kier alpha value is -2.17. The van der Waals surface area contributed by atoms with Gasteiger partial charge in [-0.1, -0.05) is 32.0 Å². The average molecular weight is 334 g/mol. The van der Waals surface area contributed by atoms with Crippen LogP contribution in [-0.2, 0) is 19.1 Å². The fraction of sp³-hybridized carbons (Fsp3) is 0.526. The smallest absolute Gasteiger partial charge is 0.324 e. The molecule has 0 aliphatic carbocycles. The van der Waals surface area contributed by atoms with E-state index in [1.165, 1.54) is 6.92 Å².